The molecule has 0 unspecified atom stereocenters. The van der Waals surface area contributed by atoms with Crippen LogP contribution in [0.3, 0.4) is 0 Å². The fourth-order valence-corrected chi connectivity index (χ4v) is 8.57. The zero-order valence-corrected chi connectivity index (χ0v) is 31.1. The number of hydrogen-bond acceptors (Lipinski definition) is 3. The molecule has 0 saturated heterocycles. The molecule has 5 aromatic rings. The summed E-state index contributed by atoms with van der Waals surface area (Å²) < 4.78 is 0. The predicted octanol–water partition coefficient (Wildman–Crippen LogP) is 12.1. The zero-order chi connectivity index (χ0) is 35.3. The SMILES string of the molecule is C=C(C)/C=C1\N(C)Cc2c(C)ccc3c2N1c1ccccc1C31c2cc(C(C)(C)C)ccc2N(c2ccccc2)c2ccc(C(C)(C)C)cc21. The Morgan fingerprint density at radius 2 is 1.22 bits per heavy atom. The Balaban J connectivity index is 1.61. The monoisotopic (exact) mass is 655 g/mol. The third-order valence-electron chi connectivity index (χ3n) is 11.1. The normalized spacial score (nSPS) is 16.6. The molecule has 0 aromatic heterocycles. The molecule has 3 nitrogen and oxygen atoms in total. The van der Waals surface area contributed by atoms with Crippen LogP contribution < -0.4 is 9.80 Å². The molecule has 0 fully saturated rings. The number of nitrogens with zero attached hydrogens (tertiary/aromatic N) is 3. The van der Waals surface area contributed by atoms with Gasteiger partial charge in [-0.15, -0.1) is 0 Å². The van der Waals surface area contributed by atoms with Crippen LogP contribution in [0, 0.1) is 6.92 Å². The van der Waals surface area contributed by atoms with E-state index < -0.39 is 5.41 Å². The lowest BCUT2D eigenvalue weighted by Gasteiger charge is -2.54. The molecule has 3 heterocycles. The Kier molecular flexibility index (Phi) is 7.08. The van der Waals surface area contributed by atoms with Crippen LogP contribution in [-0.2, 0) is 22.8 Å². The van der Waals surface area contributed by atoms with Gasteiger partial charge >= 0.3 is 0 Å². The topological polar surface area (TPSA) is 9.72 Å². The summed E-state index contributed by atoms with van der Waals surface area (Å²) in [7, 11) is 2.21. The van der Waals surface area contributed by atoms with Gasteiger partial charge in [-0.3, -0.25) is 4.90 Å². The number of anilines is 5. The largest absolute Gasteiger partial charge is 0.356 e. The summed E-state index contributed by atoms with van der Waals surface area (Å²) >= 11 is 0. The Morgan fingerprint density at radius 1 is 0.660 bits per heavy atom. The molecule has 0 amide bonds. The van der Waals surface area contributed by atoms with Gasteiger partial charge in [-0.25, -0.2) is 0 Å². The van der Waals surface area contributed by atoms with E-state index in [2.05, 4.69) is 193 Å². The Bertz CT molecular complexity index is 2160. The number of aryl methyl sites for hydroxylation is 1. The number of para-hydroxylation sites is 2. The average molecular weight is 656 g/mol. The Morgan fingerprint density at radius 3 is 1.80 bits per heavy atom. The number of fused-ring (bicyclic) bond motifs is 8. The van der Waals surface area contributed by atoms with Gasteiger partial charge in [0.05, 0.1) is 28.2 Å². The standard InChI is InChI=1S/C47H49N3/c1-30(2)26-43-48(10)29-35-31(3)20-23-37-44(35)50(43)40-19-15-14-18-36(40)47(37)38-27-32(45(4,5)6)21-24-41(38)49(34-16-12-11-13-17-34)42-25-22-33(28-39(42)47)46(7,8)9/h11-28H,1,29H2,2-10H3/b43-26+. The molecule has 3 aliphatic rings. The van der Waals surface area contributed by atoms with E-state index in [9.17, 15) is 0 Å². The lowest BCUT2D eigenvalue weighted by atomic mass is 9.58. The van der Waals surface area contributed by atoms with Crippen LogP contribution in [0.1, 0.15) is 93.0 Å². The van der Waals surface area contributed by atoms with Crippen LogP contribution in [0.25, 0.3) is 0 Å². The molecular formula is C47H49N3. The fourth-order valence-electron chi connectivity index (χ4n) is 8.57. The molecule has 3 aliphatic heterocycles. The van der Waals surface area contributed by atoms with E-state index in [1.165, 1.54) is 72.9 Å². The molecule has 0 bridgehead atoms. The highest BCUT2D eigenvalue weighted by atomic mass is 15.4. The first kappa shape index (κ1) is 32.2. The van der Waals surface area contributed by atoms with Gasteiger partial charge in [-0.1, -0.05) is 126 Å². The van der Waals surface area contributed by atoms with Crippen molar-refractivity contribution in [2.24, 2.45) is 0 Å². The summed E-state index contributed by atoms with van der Waals surface area (Å²) in [6, 6.07) is 39.5. The molecule has 0 atom stereocenters. The zero-order valence-electron chi connectivity index (χ0n) is 31.1. The molecule has 8 rings (SSSR count). The molecular weight excluding hydrogens is 607 g/mol. The molecule has 0 aliphatic carbocycles. The van der Waals surface area contributed by atoms with Crippen molar-refractivity contribution in [2.75, 3.05) is 16.8 Å². The van der Waals surface area contributed by atoms with Crippen LogP contribution in [-0.4, -0.2) is 11.9 Å². The highest BCUT2D eigenvalue weighted by Crippen LogP contribution is 2.65. The molecule has 0 radical (unpaired) electrons. The van der Waals surface area contributed by atoms with Gasteiger partial charge in [-0.2, -0.15) is 0 Å². The van der Waals surface area contributed by atoms with Crippen LogP contribution in [0.2, 0.25) is 0 Å². The highest BCUT2D eigenvalue weighted by molar-refractivity contribution is 5.96. The lowest BCUT2D eigenvalue weighted by Crippen LogP contribution is -2.46. The van der Waals surface area contributed by atoms with Gasteiger partial charge in [0.2, 0.25) is 0 Å². The van der Waals surface area contributed by atoms with Crippen LogP contribution >= 0.6 is 0 Å². The smallest absolute Gasteiger partial charge is 0.113 e. The summed E-state index contributed by atoms with van der Waals surface area (Å²) in [6.45, 7) is 23.5. The molecule has 50 heavy (non-hydrogen) atoms. The van der Waals surface area contributed by atoms with Crippen molar-refractivity contribution >= 4 is 28.4 Å². The number of hydrogen-bond donors (Lipinski definition) is 0. The molecule has 0 saturated carbocycles. The van der Waals surface area contributed by atoms with Gasteiger partial charge in [0, 0.05) is 19.3 Å². The summed E-state index contributed by atoms with van der Waals surface area (Å²) in [5.74, 6) is 1.16. The van der Waals surface area contributed by atoms with Crippen molar-refractivity contribution in [2.45, 2.75) is 78.2 Å². The van der Waals surface area contributed by atoms with E-state index in [1.807, 2.05) is 0 Å². The van der Waals surface area contributed by atoms with E-state index in [0.717, 1.165) is 17.9 Å². The Labute approximate surface area is 299 Å². The third-order valence-corrected chi connectivity index (χ3v) is 11.1. The molecule has 252 valence electrons. The van der Waals surface area contributed by atoms with E-state index >= 15 is 0 Å². The molecule has 3 heteroatoms. The third kappa shape index (κ3) is 4.55. The van der Waals surface area contributed by atoms with E-state index in [-0.39, 0.29) is 10.8 Å². The minimum atomic E-state index is -0.576. The van der Waals surface area contributed by atoms with Crippen LogP contribution in [0.5, 0.6) is 0 Å². The van der Waals surface area contributed by atoms with Gasteiger partial charge < -0.3 is 9.80 Å². The molecule has 1 spiro atoms. The summed E-state index contributed by atoms with van der Waals surface area (Å²) in [4.78, 5) is 7.42. The van der Waals surface area contributed by atoms with Gasteiger partial charge in [0.15, 0.2) is 0 Å². The first-order chi connectivity index (χ1) is 23.7. The first-order valence-electron chi connectivity index (χ1n) is 18.0. The number of allylic oxidation sites excluding steroid dienone is 2. The maximum Gasteiger partial charge on any atom is 0.113 e. The number of benzene rings is 5. The minimum Gasteiger partial charge on any atom is -0.356 e. The maximum atomic E-state index is 4.33. The van der Waals surface area contributed by atoms with Gasteiger partial charge in [0.25, 0.3) is 0 Å². The van der Waals surface area contributed by atoms with E-state index in [0.29, 0.717) is 0 Å². The quantitative estimate of drug-likeness (QED) is 0.184. The maximum absolute atomic E-state index is 4.33. The Hall–Kier alpha value is -5.02. The van der Waals surface area contributed by atoms with Crippen molar-refractivity contribution in [3.8, 4) is 0 Å². The van der Waals surface area contributed by atoms with Crippen molar-refractivity contribution in [3.05, 3.63) is 172 Å². The highest BCUT2D eigenvalue weighted by Gasteiger charge is 2.54. The molecule has 0 N–H and O–H groups in total. The average Bonchev–Trinajstić information content (AvgIpc) is 3.07. The summed E-state index contributed by atoms with van der Waals surface area (Å²) in [6.07, 6.45) is 2.25. The fraction of sp³-hybridized carbons (Fsp3) is 0.277. The van der Waals surface area contributed by atoms with E-state index in [1.54, 1.807) is 0 Å². The minimum absolute atomic E-state index is 0.0334. The second-order valence-electron chi connectivity index (χ2n) is 16.7. The van der Waals surface area contributed by atoms with Crippen molar-refractivity contribution in [3.63, 3.8) is 0 Å². The summed E-state index contributed by atoms with van der Waals surface area (Å²) in [5.41, 5.74) is 17.2. The lowest BCUT2D eigenvalue weighted by molar-refractivity contribution is 0.387. The van der Waals surface area contributed by atoms with Crippen LogP contribution in [0.4, 0.5) is 28.4 Å². The number of rotatable bonds is 2. The van der Waals surface area contributed by atoms with Gasteiger partial charge in [0.1, 0.15) is 5.82 Å². The van der Waals surface area contributed by atoms with E-state index in [4.69, 9.17) is 0 Å². The van der Waals surface area contributed by atoms with Crippen molar-refractivity contribution in [1.82, 2.24) is 4.90 Å². The van der Waals surface area contributed by atoms with Crippen molar-refractivity contribution in [1.29, 1.82) is 0 Å². The first-order valence-corrected chi connectivity index (χ1v) is 18.0. The van der Waals surface area contributed by atoms with Gasteiger partial charge in [-0.05, 0) is 106 Å². The predicted molar refractivity (Wildman–Crippen MR) is 212 cm³/mol. The van der Waals surface area contributed by atoms with Crippen LogP contribution in [0.15, 0.2) is 127 Å². The second kappa shape index (κ2) is 11.0. The molecule has 5 aromatic carbocycles. The second-order valence-corrected chi connectivity index (χ2v) is 16.7. The summed E-state index contributed by atoms with van der Waals surface area (Å²) in [5, 5.41) is 0. The van der Waals surface area contributed by atoms with Crippen molar-refractivity contribution < 1.29 is 0 Å².